The Morgan fingerprint density at radius 3 is 2.21 bits per heavy atom. The topological polar surface area (TPSA) is 80.8 Å². The predicted molar refractivity (Wildman–Crippen MR) is 105 cm³/mol. The third kappa shape index (κ3) is 3.24. The van der Waals surface area contributed by atoms with Crippen LogP contribution >= 0.6 is 0 Å². The number of aryl methyl sites for hydroxylation is 2. The third-order valence-electron chi connectivity index (χ3n) is 5.60. The van der Waals surface area contributed by atoms with E-state index in [1.807, 2.05) is 12.1 Å². The van der Waals surface area contributed by atoms with Crippen molar-refractivity contribution >= 4 is 23.6 Å². The molecule has 2 aromatic rings. The molecule has 6 nitrogen and oxygen atoms in total. The smallest absolute Gasteiger partial charge is 0.329 e. The average Bonchev–Trinajstić information content (AvgIpc) is 3.29. The molecule has 148 valence electrons. The zero-order valence-corrected chi connectivity index (χ0v) is 16.3. The highest BCUT2D eigenvalue weighted by molar-refractivity contribution is 6.22. The number of rotatable bonds is 5. The van der Waals surface area contributed by atoms with E-state index in [2.05, 4.69) is 0 Å². The van der Waals surface area contributed by atoms with Crippen LogP contribution in [-0.4, -0.2) is 40.6 Å². The van der Waals surface area contributed by atoms with Crippen LogP contribution in [0.3, 0.4) is 0 Å². The normalized spacial score (nSPS) is 17.0. The summed E-state index contributed by atoms with van der Waals surface area (Å²) in [6.07, 6.45) is 2.03. The van der Waals surface area contributed by atoms with Crippen LogP contribution in [0.4, 0.5) is 0 Å². The summed E-state index contributed by atoms with van der Waals surface area (Å²) in [5.41, 5.74) is 3.44. The van der Waals surface area contributed by atoms with E-state index in [9.17, 15) is 19.2 Å². The van der Waals surface area contributed by atoms with Crippen LogP contribution < -0.4 is 0 Å². The maximum Gasteiger partial charge on any atom is 0.329 e. The van der Waals surface area contributed by atoms with Gasteiger partial charge in [0.1, 0.15) is 6.04 Å². The highest BCUT2D eigenvalue weighted by atomic mass is 16.5. The van der Waals surface area contributed by atoms with Crippen molar-refractivity contribution in [3.8, 4) is 0 Å². The Kier molecular flexibility index (Phi) is 4.78. The number of ketones is 1. The van der Waals surface area contributed by atoms with Gasteiger partial charge in [-0.05, 0) is 62.4 Å². The first-order valence-electron chi connectivity index (χ1n) is 9.72. The number of hydrogen-bond acceptors (Lipinski definition) is 5. The second kappa shape index (κ2) is 7.28. The van der Waals surface area contributed by atoms with Crippen LogP contribution in [0.5, 0.6) is 0 Å². The van der Waals surface area contributed by atoms with Gasteiger partial charge in [0, 0.05) is 5.56 Å². The molecule has 2 atom stereocenters. The molecule has 29 heavy (non-hydrogen) atoms. The molecule has 4 rings (SSSR count). The van der Waals surface area contributed by atoms with Crippen molar-refractivity contribution in [2.75, 3.05) is 0 Å². The molecule has 0 unspecified atom stereocenters. The van der Waals surface area contributed by atoms with Crippen LogP contribution in [0.25, 0.3) is 0 Å². The van der Waals surface area contributed by atoms with E-state index in [0.29, 0.717) is 5.56 Å². The van der Waals surface area contributed by atoms with Gasteiger partial charge in [0.25, 0.3) is 11.8 Å². The maximum atomic E-state index is 12.7. The van der Waals surface area contributed by atoms with E-state index in [1.165, 1.54) is 19.4 Å². The molecule has 0 spiro atoms. The Morgan fingerprint density at radius 2 is 1.55 bits per heavy atom. The second-order valence-electron chi connectivity index (χ2n) is 7.48. The number of imide groups is 1. The van der Waals surface area contributed by atoms with Gasteiger partial charge in [-0.15, -0.1) is 0 Å². The lowest BCUT2D eigenvalue weighted by Crippen LogP contribution is -2.45. The first kappa shape index (κ1) is 19.1. The van der Waals surface area contributed by atoms with Crippen molar-refractivity contribution in [1.82, 2.24) is 4.90 Å². The van der Waals surface area contributed by atoms with Crippen LogP contribution in [0.15, 0.2) is 42.5 Å². The molecule has 2 aromatic carbocycles. The maximum absolute atomic E-state index is 12.7. The van der Waals surface area contributed by atoms with Gasteiger partial charge in [-0.2, -0.15) is 0 Å². The van der Waals surface area contributed by atoms with Crippen LogP contribution in [0, 0.1) is 0 Å². The van der Waals surface area contributed by atoms with Gasteiger partial charge < -0.3 is 4.74 Å². The van der Waals surface area contributed by atoms with E-state index in [-0.39, 0.29) is 16.9 Å². The molecule has 0 N–H and O–H groups in total. The number of benzene rings is 2. The van der Waals surface area contributed by atoms with Crippen molar-refractivity contribution in [3.63, 3.8) is 0 Å². The standard InChI is InChI=1S/C23H21NO5/c1-13(24-21(26)18-8-3-4-9-19(18)22(24)27)23(28)29-14(2)20(25)17-11-10-15-6-5-7-16(15)12-17/h3-4,8-14H,5-7H2,1-2H3/t13-,14-/m0/s1. The number of nitrogens with zero attached hydrogens (tertiary/aromatic N) is 1. The lowest BCUT2D eigenvalue weighted by atomic mass is 10.0. The van der Waals surface area contributed by atoms with Crippen LogP contribution in [0.1, 0.15) is 62.5 Å². The summed E-state index contributed by atoms with van der Waals surface area (Å²) in [5.74, 6) is -2.16. The number of carbonyl (C=O) groups excluding carboxylic acids is 4. The van der Waals surface area contributed by atoms with Crippen molar-refractivity contribution in [2.24, 2.45) is 0 Å². The Labute approximate surface area is 168 Å². The zero-order valence-electron chi connectivity index (χ0n) is 16.3. The molecule has 0 bridgehead atoms. The summed E-state index contributed by atoms with van der Waals surface area (Å²) in [5, 5.41) is 0. The first-order valence-corrected chi connectivity index (χ1v) is 9.72. The van der Waals surface area contributed by atoms with Gasteiger partial charge in [-0.3, -0.25) is 19.3 Å². The predicted octanol–water partition coefficient (Wildman–Crippen LogP) is 2.97. The molecule has 1 aliphatic heterocycles. The number of esters is 1. The zero-order chi connectivity index (χ0) is 20.7. The third-order valence-corrected chi connectivity index (χ3v) is 5.60. The molecule has 6 heteroatoms. The molecule has 1 heterocycles. The number of Topliss-reactive ketones (excluding diaryl/α,β-unsaturated/α-hetero) is 1. The molecular formula is C23H21NO5. The molecule has 2 amide bonds. The SMILES string of the molecule is C[C@H](OC(=O)[C@H](C)N1C(=O)c2ccccc2C1=O)C(=O)c1ccc2c(c1)CCC2. The molecule has 0 radical (unpaired) electrons. The van der Waals surface area contributed by atoms with E-state index in [1.54, 1.807) is 30.3 Å². The summed E-state index contributed by atoms with van der Waals surface area (Å²) < 4.78 is 5.32. The van der Waals surface area contributed by atoms with Crippen molar-refractivity contribution in [3.05, 3.63) is 70.3 Å². The molecule has 0 aromatic heterocycles. The second-order valence-corrected chi connectivity index (χ2v) is 7.48. The summed E-state index contributed by atoms with van der Waals surface area (Å²) in [6.45, 7) is 2.93. The highest BCUT2D eigenvalue weighted by Gasteiger charge is 2.41. The van der Waals surface area contributed by atoms with Crippen molar-refractivity contribution in [1.29, 1.82) is 0 Å². The molecule has 0 fully saturated rings. The fourth-order valence-corrected chi connectivity index (χ4v) is 3.95. The lowest BCUT2D eigenvalue weighted by Gasteiger charge is -2.22. The first-order chi connectivity index (χ1) is 13.9. The minimum Gasteiger partial charge on any atom is -0.453 e. The summed E-state index contributed by atoms with van der Waals surface area (Å²) in [7, 11) is 0. The van der Waals surface area contributed by atoms with E-state index < -0.39 is 29.9 Å². The monoisotopic (exact) mass is 391 g/mol. The quantitative estimate of drug-likeness (QED) is 0.445. The van der Waals surface area contributed by atoms with Crippen LogP contribution in [0.2, 0.25) is 0 Å². The van der Waals surface area contributed by atoms with Gasteiger partial charge in [0.2, 0.25) is 5.78 Å². The number of hydrogen-bond donors (Lipinski definition) is 0. The molecule has 0 saturated heterocycles. The Hall–Kier alpha value is -3.28. The van der Waals surface area contributed by atoms with E-state index in [0.717, 1.165) is 29.7 Å². The highest BCUT2D eigenvalue weighted by Crippen LogP contribution is 2.26. The van der Waals surface area contributed by atoms with Crippen molar-refractivity contribution in [2.45, 2.75) is 45.3 Å². The fourth-order valence-electron chi connectivity index (χ4n) is 3.95. The van der Waals surface area contributed by atoms with Gasteiger partial charge >= 0.3 is 5.97 Å². The number of carbonyl (C=O) groups is 4. The number of amides is 2. The van der Waals surface area contributed by atoms with E-state index >= 15 is 0 Å². The van der Waals surface area contributed by atoms with E-state index in [4.69, 9.17) is 4.74 Å². The Balaban J connectivity index is 1.46. The summed E-state index contributed by atoms with van der Waals surface area (Å²) in [6, 6.07) is 10.9. The van der Waals surface area contributed by atoms with Gasteiger partial charge in [0.05, 0.1) is 11.1 Å². The molecule has 0 saturated carbocycles. The van der Waals surface area contributed by atoms with Gasteiger partial charge in [-0.25, -0.2) is 4.79 Å². The van der Waals surface area contributed by atoms with Gasteiger partial charge in [0.15, 0.2) is 6.10 Å². The minimum atomic E-state index is -1.13. The minimum absolute atomic E-state index is 0.263. The number of ether oxygens (including phenoxy) is 1. The lowest BCUT2D eigenvalue weighted by molar-refractivity contribution is -0.150. The summed E-state index contributed by atoms with van der Waals surface area (Å²) in [4.78, 5) is 51.2. The average molecular weight is 391 g/mol. The Morgan fingerprint density at radius 1 is 0.931 bits per heavy atom. The van der Waals surface area contributed by atoms with Crippen molar-refractivity contribution < 1.29 is 23.9 Å². The Bertz CT molecular complexity index is 1010. The molecule has 2 aliphatic rings. The van der Waals surface area contributed by atoms with Gasteiger partial charge in [-0.1, -0.05) is 24.3 Å². The molecule has 1 aliphatic carbocycles. The molecular weight excluding hydrogens is 370 g/mol. The fraction of sp³-hybridized carbons (Fsp3) is 0.304. The van der Waals surface area contributed by atoms with Crippen LogP contribution in [-0.2, 0) is 22.4 Å². The summed E-state index contributed by atoms with van der Waals surface area (Å²) >= 11 is 0. The number of fused-ring (bicyclic) bond motifs is 2. The largest absolute Gasteiger partial charge is 0.453 e.